The number of carbonyl (C=O) groups excluding carboxylic acids is 1. The summed E-state index contributed by atoms with van der Waals surface area (Å²) in [4.78, 5) is 23.8. The summed E-state index contributed by atoms with van der Waals surface area (Å²) in [6.07, 6.45) is 0. The first-order valence-corrected chi connectivity index (χ1v) is 5.20. The standard InChI is InChI=1S/C12H16N2O3/c1-8-4-5-10(9(6-8)12(16)17)13-7-11(15)14(2)3/h4-6,13H,7H2,1-3H3,(H,16,17). The maximum atomic E-state index is 11.4. The quantitative estimate of drug-likeness (QED) is 0.824. The molecule has 0 aliphatic heterocycles. The first kappa shape index (κ1) is 13.0. The van der Waals surface area contributed by atoms with Gasteiger partial charge in [0, 0.05) is 19.8 Å². The predicted octanol–water partition coefficient (Wildman–Crippen LogP) is 1.19. The average molecular weight is 236 g/mol. The number of carboxylic acid groups (broad SMARTS) is 1. The van der Waals surface area contributed by atoms with Crippen molar-refractivity contribution in [1.82, 2.24) is 4.90 Å². The summed E-state index contributed by atoms with van der Waals surface area (Å²) in [5.74, 6) is -1.12. The molecule has 0 heterocycles. The molecule has 1 aromatic rings. The number of rotatable bonds is 4. The van der Waals surface area contributed by atoms with E-state index in [9.17, 15) is 9.59 Å². The highest BCUT2D eigenvalue weighted by atomic mass is 16.4. The van der Waals surface area contributed by atoms with Crippen LogP contribution < -0.4 is 5.32 Å². The number of aryl methyl sites for hydroxylation is 1. The Morgan fingerprint density at radius 1 is 1.35 bits per heavy atom. The second-order valence-electron chi connectivity index (χ2n) is 4.00. The molecular formula is C12H16N2O3. The van der Waals surface area contributed by atoms with Crippen molar-refractivity contribution in [3.8, 4) is 0 Å². The van der Waals surface area contributed by atoms with Gasteiger partial charge < -0.3 is 15.3 Å². The Morgan fingerprint density at radius 3 is 2.53 bits per heavy atom. The van der Waals surface area contributed by atoms with E-state index in [0.29, 0.717) is 5.69 Å². The van der Waals surface area contributed by atoms with Crippen LogP contribution >= 0.6 is 0 Å². The number of hydrogen-bond donors (Lipinski definition) is 2. The minimum Gasteiger partial charge on any atom is -0.478 e. The van der Waals surface area contributed by atoms with E-state index in [2.05, 4.69) is 5.32 Å². The summed E-state index contributed by atoms with van der Waals surface area (Å²) in [7, 11) is 3.30. The van der Waals surface area contributed by atoms with Crippen LogP contribution in [0.25, 0.3) is 0 Å². The Bertz CT molecular complexity index is 441. The monoisotopic (exact) mass is 236 g/mol. The fraction of sp³-hybridized carbons (Fsp3) is 0.333. The van der Waals surface area contributed by atoms with E-state index in [0.717, 1.165) is 5.56 Å². The molecule has 2 N–H and O–H groups in total. The van der Waals surface area contributed by atoms with E-state index < -0.39 is 5.97 Å². The van der Waals surface area contributed by atoms with Gasteiger partial charge in [-0.2, -0.15) is 0 Å². The molecule has 0 aliphatic carbocycles. The molecule has 0 saturated heterocycles. The highest BCUT2D eigenvalue weighted by Crippen LogP contribution is 2.17. The molecular weight excluding hydrogens is 220 g/mol. The van der Waals surface area contributed by atoms with E-state index in [4.69, 9.17) is 5.11 Å². The van der Waals surface area contributed by atoms with Crippen LogP contribution in [0.15, 0.2) is 18.2 Å². The smallest absolute Gasteiger partial charge is 0.337 e. The summed E-state index contributed by atoms with van der Waals surface area (Å²) < 4.78 is 0. The summed E-state index contributed by atoms with van der Waals surface area (Å²) in [5, 5.41) is 11.9. The lowest BCUT2D eigenvalue weighted by atomic mass is 10.1. The van der Waals surface area contributed by atoms with Gasteiger partial charge in [0.1, 0.15) is 0 Å². The molecule has 5 heteroatoms. The van der Waals surface area contributed by atoms with E-state index in [1.807, 2.05) is 6.92 Å². The third kappa shape index (κ3) is 3.48. The molecule has 92 valence electrons. The maximum Gasteiger partial charge on any atom is 0.337 e. The van der Waals surface area contributed by atoms with E-state index in [-0.39, 0.29) is 18.0 Å². The molecule has 0 atom stereocenters. The fourth-order valence-corrected chi connectivity index (χ4v) is 1.32. The number of nitrogens with one attached hydrogen (secondary N) is 1. The van der Waals surface area contributed by atoms with Gasteiger partial charge in [-0.15, -0.1) is 0 Å². The zero-order valence-electron chi connectivity index (χ0n) is 10.2. The molecule has 0 fully saturated rings. The van der Waals surface area contributed by atoms with Gasteiger partial charge in [0.25, 0.3) is 0 Å². The number of hydrogen-bond acceptors (Lipinski definition) is 3. The Hall–Kier alpha value is -2.04. The minimum atomic E-state index is -1.01. The Kier molecular flexibility index (Phi) is 4.09. The molecule has 1 rings (SSSR count). The normalized spacial score (nSPS) is 9.82. The number of aromatic carboxylic acids is 1. The number of anilines is 1. The van der Waals surface area contributed by atoms with Gasteiger partial charge in [-0.05, 0) is 19.1 Å². The first-order chi connectivity index (χ1) is 7.91. The number of benzene rings is 1. The van der Waals surface area contributed by atoms with E-state index in [1.54, 1.807) is 32.3 Å². The summed E-state index contributed by atoms with van der Waals surface area (Å²) >= 11 is 0. The largest absolute Gasteiger partial charge is 0.478 e. The van der Waals surface area contributed by atoms with Crippen molar-refractivity contribution in [2.75, 3.05) is 26.0 Å². The zero-order valence-corrected chi connectivity index (χ0v) is 10.2. The molecule has 0 radical (unpaired) electrons. The number of likely N-dealkylation sites (N-methyl/N-ethyl adjacent to an activating group) is 1. The zero-order chi connectivity index (χ0) is 13.0. The molecule has 0 bridgehead atoms. The Balaban J connectivity index is 2.84. The molecule has 0 aromatic heterocycles. The van der Waals surface area contributed by atoms with Gasteiger partial charge in [-0.1, -0.05) is 11.6 Å². The Morgan fingerprint density at radius 2 is 2.00 bits per heavy atom. The summed E-state index contributed by atoms with van der Waals surface area (Å²) in [6.45, 7) is 1.90. The predicted molar refractivity (Wildman–Crippen MR) is 65.3 cm³/mol. The summed E-state index contributed by atoms with van der Waals surface area (Å²) in [5.41, 5.74) is 1.50. The van der Waals surface area contributed by atoms with Crippen LogP contribution in [-0.2, 0) is 4.79 Å². The molecule has 0 aliphatic rings. The van der Waals surface area contributed by atoms with Gasteiger partial charge in [-0.25, -0.2) is 4.79 Å². The van der Waals surface area contributed by atoms with Gasteiger partial charge in [-0.3, -0.25) is 4.79 Å². The second-order valence-corrected chi connectivity index (χ2v) is 4.00. The second kappa shape index (κ2) is 5.34. The van der Waals surface area contributed by atoms with Crippen LogP contribution in [0.5, 0.6) is 0 Å². The van der Waals surface area contributed by atoms with Crippen LogP contribution in [0.3, 0.4) is 0 Å². The highest BCUT2D eigenvalue weighted by Gasteiger charge is 2.11. The maximum absolute atomic E-state index is 11.4. The van der Waals surface area contributed by atoms with Crippen molar-refractivity contribution >= 4 is 17.6 Å². The fourth-order valence-electron chi connectivity index (χ4n) is 1.32. The number of nitrogens with zero attached hydrogens (tertiary/aromatic N) is 1. The lowest BCUT2D eigenvalue weighted by Crippen LogP contribution is -2.29. The molecule has 17 heavy (non-hydrogen) atoms. The van der Waals surface area contributed by atoms with Crippen LogP contribution in [0, 0.1) is 6.92 Å². The van der Waals surface area contributed by atoms with Crippen LogP contribution in [0.1, 0.15) is 15.9 Å². The van der Waals surface area contributed by atoms with Crippen LogP contribution in [0.4, 0.5) is 5.69 Å². The molecule has 5 nitrogen and oxygen atoms in total. The lowest BCUT2D eigenvalue weighted by Gasteiger charge is -2.13. The first-order valence-electron chi connectivity index (χ1n) is 5.20. The van der Waals surface area contributed by atoms with Crippen molar-refractivity contribution in [3.05, 3.63) is 29.3 Å². The third-order valence-corrected chi connectivity index (χ3v) is 2.33. The van der Waals surface area contributed by atoms with Crippen molar-refractivity contribution in [1.29, 1.82) is 0 Å². The van der Waals surface area contributed by atoms with Crippen molar-refractivity contribution in [2.24, 2.45) is 0 Å². The van der Waals surface area contributed by atoms with Crippen molar-refractivity contribution in [3.63, 3.8) is 0 Å². The number of carboxylic acids is 1. The van der Waals surface area contributed by atoms with Crippen LogP contribution in [0.2, 0.25) is 0 Å². The van der Waals surface area contributed by atoms with E-state index in [1.165, 1.54) is 4.90 Å². The third-order valence-electron chi connectivity index (χ3n) is 2.33. The van der Waals surface area contributed by atoms with Crippen molar-refractivity contribution < 1.29 is 14.7 Å². The SMILES string of the molecule is Cc1ccc(NCC(=O)N(C)C)c(C(=O)O)c1. The van der Waals surface area contributed by atoms with Gasteiger partial charge in [0.15, 0.2) is 0 Å². The molecule has 1 amide bonds. The van der Waals surface area contributed by atoms with Crippen molar-refractivity contribution in [2.45, 2.75) is 6.92 Å². The van der Waals surface area contributed by atoms with Gasteiger partial charge in [0.2, 0.25) is 5.91 Å². The topological polar surface area (TPSA) is 69.6 Å². The lowest BCUT2D eigenvalue weighted by molar-refractivity contribution is -0.126. The highest BCUT2D eigenvalue weighted by molar-refractivity contribution is 5.95. The summed E-state index contributed by atoms with van der Waals surface area (Å²) in [6, 6.07) is 5.04. The molecule has 0 unspecified atom stereocenters. The van der Waals surface area contributed by atoms with E-state index >= 15 is 0 Å². The molecule has 0 saturated carbocycles. The minimum absolute atomic E-state index is 0.0797. The molecule has 1 aromatic carbocycles. The van der Waals surface area contributed by atoms with Gasteiger partial charge in [0.05, 0.1) is 12.1 Å². The van der Waals surface area contributed by atoms with Crippen LogP contribution in [-0.4, -0.2) is 42.5 Å². The van der Waals surface area contributed by atoms with Gasteiger partial charge >= 0.3 is 5.97 Å². The number of amides is 1. The Labute approximate surface area is 100 Å². The average Bonchev–Trinajstić information content (AvgIpc) is 2.26. The number of carbonyl (C=O) groups is 2. The molecule has 0 spiro atoms.